The van der Waals surface area contributed by atoms with Crippen molar-refractivity contribution in [2.24, 2.45) is 15.9 Å². The number of nitrogens with zero attached hydrogens (tertiary/aromatic N) is 2. The highest BCUT2D eigenvalue weighted by atomic mass is 32.2. The maximum atomic E-state index is 13.3. The first-order chi connectivity index (χ1) is 10.1. The summed E-state index contributed by atoms with van der Waals surface area (Å²) < 4.78 is 26.1. The molecule has 6 heteroatoms. The molecule has 0 aliphatic rings. The molecule has 0 spiro atoms. The molecule has 3 nitrogen and oxygen atoms in total. The third kappa shape index (κ3) is 5.00. The maximum absolute atomic E-state index is 13.3. The second-order valence-electron chi connectivity index (χ2n) is 4.12. The molecule has 0 aromatic heterocycles. The lowest BCUT2D eigenvalue weighted by molar-refractivity contribution is 0.582. The number of halogens is 2. The molecule has 0 fully saturated rings. The highest BCUT2D eigenvalue weighted by Crippen LogP contribution is 2.11. The average molecular weight is 305 g/mol. The molecule has 2 aromatic carbocycles. The Morgan fingerprint density at radius 3 is 2.62 bits per heavy atom. The Balaban J connectivity index is 1.92. The van der Waals surface area contributed by atoms with Crippen LogP contribution in [0.3, 0.4) is 0 Å². The van der Waals surface area contributed by atoms with Gasteiger partial charge in [0.25, 0.3) is 0 Å². The fourth-order valence-corrected chi connectivity index (χ4v) is 2.13. The van der Waals surface area contributed by atoms with Crippen LogP contribution in [0.25, 0.3) is 0 Å². The van der Waals surface area contributed by atoms with Crippen molar-refractivity contribution in [1.82, 2.24) is 0 Å². The van der Waals surface area contributed by atoms with Crippen molar-refractivity contribution in [3.63, 3.8) is 0 Å². The molecule has 0 atom stereocenters. The second-order valence-corrected chi connectivity index (χ2v) is 5.12. The normalized spacial score (nSPS) is 12.0. The number of hydrogen-bond acceptors (Lipinski definition) is 3. The van der Waals surface area contributed by atoms with E-state index in [2.05, 4.69) is 10.2 Å². The molecule has 108 valence electrons. The molecule has 2 N–H and O–H groups in total. The van der Waals surface area contributed by atoms with E-state index in [9.17, 15) is 8.78 Å². The van der Waals surface area contributed by atoms with Gasteiger partial charge in [0, 0.05) is 17.4 Å². The van der Waals surface area contributed by atoms with Crippen molar-refractivity contribution < 1.29 is 8.78 Å². The zero-order valence-corrected chi connectivity index (χ0v) is 11.9. The molecule has 0 amide bonds. The lowest BCUT2D eigenvalue weighted by Gasteiger charge is -1.99. The van der Waals surface area contributed by atoms with E-state index in [1.807, 2.05) is 30.3 Å². The van der Waals surface area contributed by atoms with Gasteiger partial charge in [-0.15, -0.1) is 5.10 Å². The highest BCUT2D eigenvalue weighted by Gasteiger charge is 2.00. The lowest BCUT2D eigenvalue weighted by Crippen LogP contribution is -2.06. The molecule has 2 rings (SSSR count). The second kappa shape index (κ2) is 7.54. The Morgan fingerprint density at radius 2 is 1.90 bits per heavy atom. The minimum Gasteiger partial charge on any atom is -0.377 e. The first-order valence-corrected chi connectivity index (χ1v) is 7.12. The highest BCUT2D eigenvalue weighted by molar-refractivity contribution is 8.13. The van der Waals surface area contributed by atoms with Gasteiger partial charge in [0.2, 0.25) is 0 Å². The predicted molar refractivity (Wildman–Crippen MR) is 83.3 cm³/mol. The summed E-state index contributed by atoms with van der Waals surface area (Å²) in [5.74, 6) is -0.646. The molecule has 0 aliphatic carbocycles. The average Bonchev–Trinajstić information content (AvgIpc) is 2.48. The van der Waals surface area contributed by atoms with Crippen LogP contribution in [0.15, 0.2) is 58.7 Å². The van der Waals surface area contributed by atoms with Crippen molar-refractivity contribution >= 4 is 23.1 Å². The van der Waals surface area contributed by atoms with Gasteiger partial charge in [-0.3, -0.25) is 0 Å². The molecule has 21 heavy (non-hydrogen) atoms. The fraction of sp³-hybridized carbons (Fsp3) is 0.0667. The first-order valence-electron chi connectivity index (χ1n) is 6.13. The SMILES string of the molecule is NC(=NN=Cc1ccc(F)cc1F)SCc1ccccc1. The zero-order chi connectivity index (χ0) is 15.1. The molecule has 0 aliphatic heterocycles. The van der Waals surface area contributed by atoms with Gasteiger partial charge >= 0.3 is 0 Å². The lowest BCUT2D eigenvalue weighted by atomic mass is 10.2. The van der Waals surface area contributed by atoms with Crippen LogP contribution in [0.2, 0.25) is 0 Å². The van der Waals surface area contributed by atoms with Crippen LogP contribution >= 0.6 is 11.8 Å². The molecule has 0 heterocycles. The zero-order valence-electron chi connectivity index (χ0n) is 11.0. The largest absolute Gasteiger partial charge is 0.377 e. The summed E-state index contributed by atoms with van der Waals surface area (Å²) in [4.78, 5) is 0. The van der Waals surface area contributed by atoms with Crippen LogP contribution in [0, 0.1) is 11.6 Å². The summed E-state index contributed by atoms with van der Waals surface area (Å²) in [6, 6.07) is 13.0. The van der Waals surface area contributed by atoms with E-state index < -0.39 is 11.6 Å². The number of rotatable bonds is 4. The summed E-state index contributed by atoms with van der Waals surface area (Å²) in [5.41, 5.74) is 6.97. The Bertz CT molecular complexity index is 657. The Morgan fingerprint density at radius 1 is 1.14 bits per heavy atom. The van der Waals surface area contributed by atoms with Gasteiger partial charge in [0.1, 0.15) is 11.6 Å². The summed E-state index contributed by atoms with van der Waals surface area (Å²) in [6.45, 7) is 0. The predicted octanol–water partition coefficient (Wildman–Crippen LogP) is 3.55. The van der Waals surface area contributed by atoms with Crippen LogP contribution < -0.4 is 5.73 Å². The van der Waals surface area contributed by atoms with Gasteiger partial charge in [0.05, 0.1) is 6.21 Å². The molecule has 0 bridgehead atoms. The van der Waals surface area contributed by atoms with Crippen LogP contribution in [-0.2, 0) is 5.75 Å². The number of hydrogen-bond donors (Lipinski definition) is 1. The Labute approximate surface area is 125 Å². The van der Waals surface area contributed by atoms with Gasteiger partial charge in [0.15, 0.2) is 5.17 Å². The van der Waals surface area contributed by atoms with E-state index in [1.165, 1.54) is 24.0 Å². The van der Waals surface area contributed by atoms with Gasteiger partial charge in [-0.05, 0) is 17.7 Å². The smallest absolute Gasteiger partial charge is 0.180 e. The van der Waals surface area contributed by atoms with Crippen LogP contribution in [0.5, 0.6) is 0 Å². The van der Waals surface area contributed by atoms with Crippen molar-refractivity contribution in [1.29, 1.82) is 0 Å². The molecule has 0 saturated heterocycles. The van der Waals surface area contributed by atoms with Gasteiger partial charge in [-0.1, -0.05) is 42.1 Å². The van der Waals surface area contributed by atoms with E-state index >= 15 is 0 Å². The molecule has 0 radical (unpaired) electrons. The third-order valence-corrected chi connectivity index (χ3v) is 3.40. The van der Waals surface area contributed by atoms with Crippen molar-refractivity contribution in [3.05, 3.63) is 71.3 Å². The Kier molecular flexibility index (Phi) is 5.45. The van der Waals surface area contributed by atoms with Gasteiger partial charge < -0.3 is 5.73 Å². The standard InChI is InChI=1S/C15H13F2N3S/c16-13-7-6-12(14(17)8-13)9-19-20-15(18)21-10-11-4-2-1-3-5-11/h1-9H,10H2,(H2,18,20). The van der Waals surface area contributed by atoms with E-state index in [4.69, 9.17) is 5.73 Å². The minimum atomic E-state index is -0.690. The summed E-state index contributed by atoms with van der Waals surface area (Å²) in [6.07, 6.45) is 1.20. The molecule has 2 aromatic rings. The quantitative estimate of drug-likeness (QED) is 0.533. The number of thioether (sulfide) groups is 1. The fourth-order valence-electron chi connectivity index (χ4n) is 1.51. The van der Waals surface area contributed by atoms with Crippen LogP contribution in [0.4, 0.5) is 8.78 Å². The van der Waals surface area contributed by atoms with Crippen molar-refractivity contribution in [2.75, 3.05) is 0 Å². The molecular weight excluding hydrogens is 292 g/mol. The minimum absolute atomic E-state index is 0.154. The topological polar surface area (TPSA) is 50.7 Å². The van der Waals surface area contributed by atoms with Crippen molar-refractivity contribution in [3.8, 4) is 0 Å². The summed E-state index contributed by atoms with van der Waals surface area (Å²) in [5, 5.41) is 7.74. The van der Waals surface area contributed by atoms with Gasteiger partial charge in [-0.25, -0.2) is 8.78 Å². The number of amidine groups is 1. The maximum Gasteiger partial charge on any atom is 0.180 e. The van der Waals surface area contributed by atoms with E-state index in [1.54, 1.807) is 0 Å². The van der Waals surface area contributed by atoms with E-state index in [0.29, 0.717) is 5.75 Å². The number of nitrogens with two attached hydrogens (primary N) is 1. The van der Waals surface area contributed by atoms with E-state index in [0.717, 1.165) is 17.7 Å². The van der Waals surface area contributed by atoms with Crippen LogP contribution in [-0.4, -0.2) is 11.4 Å². The molecular formula is C15H13F2N3S. The van der Waals surface area contributed by atoms with Crippen LogP contribution in [0.1, 0.15) is 11.1 Å². The summed E-state index contributed by atoms with van der Waals surface area (Å²) in [7, 11) is 0. The Hall–Kier alpha value is -2.21. The van der Waals surface area contributed by atoms with Gasteiger partial charge in [-0.2, -0.15) is 5.10 Å². The monoisotopic (exact) mass is 305 g/mol. The summed E-state index contributed by atoms with van der Waals surface area (Å²) >= 11 is 1.33. The van der Waals surface area contributed by atoms with Crippen molar-refractivity contribution in [2.45, 2.75) is 5.75 Å². The number of benzene rings is 2. The molecule has 0 saturated carbocycles. The third-order valence-electron chi connectivity index (χ3n) is 2.55. The first kappa shape index (κ1) is 15.2. The molecule has 0 unspecified atom stereocenters. The van der Waals surface area contributed by atoms with E-state index in [-0.39, 0.29) is 10.7 Å².